The van der Waals surface area contributed by atoms with Gasteiger partial charge in [-0.2, -0.15) is 0 Å². The zero-order chi connectivity index (χ0) is 15.9. The Balaban J connectivity index is 1.91. The van der Waals surface area contributed by atoms with E-state index >= 15 is 0 Å². The van der Waals surface area contributed by atoms with Gasteiger partial charge in [-0.3, -0.25) is 4.79 Å². The Morgan fingerprint density at radius 1 is 0.955 bits per heavy atom. The summed E-state index contributed by atoms with van der Waals surface area (Å²) in [6.45, 7) is 0. The fourth-order valence-corrected chi connectivity index (χ4v) is 1.88. The topological polar surface area (TPSA) is 104 Å². The summed E-state index contributed by atoms with van der Waals surface area (Å²) >= 11 is 0. The standard InChI is InChI=1S/C16H17N3O3/c17-14(15(20)21)10-11-6-8-13(9-7-11)19-16(22)18-12-4-2-1-3-5-12/h1-9,14H,10,17H2,(H,20,21)(H2,18,19,22)/t14-/m0/s1. The zero-order valence-electron chi connectivity index (χ0n) is 11.8. The summed E-state index contributed by atoms with van der Waals surface area (Å²) in [5, 5.41) is 14.2. The summed E-state index contributed by atoms with van der Waals surface area (Å²) in [6.07, 6.45) is 0.242. The summed E-state index contributed by atoms with van der Waals surface area (Å²) < 4.78 is 0. The predicted molar refractivity (Wildman–Crippen MR) is 84.8 cm³/mol. The number of hydrogen-bond acceptors (Lipinski definition) is 3. The van der Waals surface area contributed by atoms with Crippen molar-refractivity contribution >= 4 is 23.4 Å². The number of carbonyl (C=O) groups is 2. The Morgan fingerprint density at radius 3 is 2.05 bits per heavy atom. The van der Waals surface area contributed by atoms with E-state index in [0.29, 0.717) is 11.4 Å². The zero-order valence-corrected chi connectivity index (χ0v) is 11.8. The van der Waals surface area contributed by atoms with Gasteiger partial charge in [0, 0.05) is 11.4 Å². The van der Waals surface area contributed by atoms with Crippen LogP contribution in [0.5, 0.6) is 0 Å². The van der Waals surface area contributed by atoms with Crippen molar-refractivity contribution < 1.29 is 14.7 Å². The number of benzene rings is 2. The average Bonchev–Trinajstić information content (AvgIpc) is 2.50. The number of rotatable bonds is 5. The number of urea groups is 1. The van der Waals surface area contributed by atoms with Gasteiger partial charge in [0.2, 0.25) is 0 Å². The molecule has 22 heavy (non-hydrogen) atoms. The minimum atomic E-state index is -1.04. The van der Waals surface area contributed by atoms with E-state index in [1.807, 2.05) is 18.2 Å². The monoisotopic (exact) mass is 299 g/mol. The first-order valence-electron chi connectivity index (χ1n) is 6.75. The first-order valence-corrected chi connectivity index (χ1v) is 6.75. The highest BCUT2D eigenvalue weighted by Gasteiger charge is 2.12. The normalized spacial score (nSPS) is 11.5. The molecule has 2 amide bonds. The predicted octanol–water partition coefficient (Wildman–Crippen LogP) is 2.28. The first-order chi connectivity index (χ1) is 10.5. The van der Waals surface area contributed by atoms with Crippen molar-refractivity contribution in [2.75, 3.05) is 10.6 Å². The third kappa shape index (κ3) is 4.60. The van der Waals surface area contributed by atoms with E-state index in [0.717, 1.165) is 5.56 Å². The number of carbonyl (C=O) groups excluding carboxylic acids is 1. The molecule has 0 aliphatic rings. The van der Waals surface area contributed by atoms with Gasteiger partial charge in [-0.1, -0.05) is 30.3 Å². The van der Waals surface area contributed by atoms with Crippen LogP contribution in [0.2, 0.25) is 0 Å². The molecule has 6 heteroatoms. The fourth-order valence-electron chi connectivity index (χ4n) is 1.88. The van der Waals surface area contributed by atoms with Crippen LogP contribution in [0.15, 0.2) is 54.6 Å². The highest BCUT2D eigenvalue weighted by Crippen LogP contribution is 2.12. The van der Waals surface area contributed by atoms with E-state index in [9.17, 15) is 9.59 Å². The number of carboxylic acid groups (broad SMARTS) is 1. The van der Waals surface area contributed by atoms with Gasteiger partial charge in [0.25, 0.3) is 0 Å². The summed E-state index contributed by atoms with van der Waals surface area (Å²) in [5.41, 5.74) is 7.58. The lowest BCUT2D eigenvalue weighted by atomic mass is 10.1. The number of hydrogen-bond donors (Lipinski definition) is 4. The minimum absolute atomic E-state index is 0.242. The molecule has 2 rings (SSSR count). The minimum Gasteiger partial charge on any atom is -0.480 e. The van der Waals surface area contributed by atoms with Crippen LogP contribution in [-0.4, -0.2) is 23.1 Å². The average molecular weight is 299 g/mol. The van der Waals surface area contributed by atoms with Crippen molar-refractivity contribution in [2.24, 2.45) is 5.73 Å². The van der Waals surface area contributed by atoms with Crippen LogP contribution < -0.4 is 16.4 Å². The van der Waals surface area contributed by atoms with Crippen molar-refractivity contribution in [1.82, 2.24) is 0 Å². The van der Waals surface area contributed by atoms with E-state index in [1.165, 1.54) is 0 Å². The maximum Gasteiger partial charge on any atom is 0.323 e. The number of anilines is 2. The molecule has 2 aromatic carbocycles. The number of amides is 2. The molecule has 0 bridgehead atoms. The largest absolute Gasteiger partial charge is 0.480 e. The molecule has 0 aromatic heterocycles. The Labute approximate surface area is 128 Å². The number of nitrogens with one attached hydrogen (secondary N) is 2. The van der Waals surface area contributed by atoms with E-state index in [1.54, 1.807) is 36.4 Å². The second-order valence-electron chi connectivity index (χ2n) is 4.79. The van der Waals surface area contributed by atoms with E-state index in [2.05, 4.69) is 10.6 Å². The molecule has 5 N–H and O–H groups in total. The molecule has 0 unspecified atom stereocenters. The molecule has 114 valence electrons. The number of aliphatic carboxylic acids is 1. The van der Waals surface area contributed by atoms with E-state index < -0.39 is 12.0 Å². The second-order valence-corrected chi connectivity index (χ2v) is 4.79. The maximum absolute atomic E-state index is 11.8. The Kier molecular flexibility index (Phi) is 5.11. The molecule has 0 aliphatic carbocycles. The molecule has 1 atom stereocenters. The van der Waals surface area contributed by atoms with Gasteiger partial charge in [0.15, 0.2) is 0 Å². The molecule has 6 nitrogen and oxygen atoms in total. The molecule has 0 radical (unpaired) electrons. The molecule has 0 saturated carbocycles. The maximum atomic E-state index is 11.8. The molecule has 0 spiro atoms. The van der Waals surface area contributed by atoms with Crippen LogP contribution in [0.3, 0.4) is 0 Å². The lowest BCUT2D eigenvalue weighted by Gasteiger charge is -2.09. The van der Waals surface area contributed by atoms with Gasteiger partial charge in [-0.05, 0) is 36.2 Å². The van der Waals surface area contributed by atoms with Gasteiger partial charge in [-0.25, -0.2) is 4.79 Å². The quantitative estimate of drug-likeness (QED) is 0.679. The van der Waals surface area contributed by atoms with Crippen LogP contribution in [0.4, 0.5) is 16.2 Å². The molecular weight excluding hydrogens is 282 g/mol. The molecule has 0 saturated heterocycles. The highest BCUT2D eigenvalue weighted by atomic mass is 16.4. The van der Waals surface area contributed by atoms with Crippen molar-refractivity contribution in [3.63, 3.8) is 0 Å². The van der Waals surface area contributed by atoms with Crippen LogP contribution in [0.1, 0.15) is 5.56 Å². The van der Waals surface area contributed by atoms with E-state index in [-0.39, 0.29) is 12.5 Å². The van der Waals surface area contributed by atoms with Gasteiger partial charge in [0.05, 0.1) is 0 Å². The number of carboxylic acids is 1. The van der Waals surface area contributed by atoms with Crippen molar-refractivity contribution in [1.29, 1.82) is 0 Å². The Hall–Kier alpha value is -2.86. The fraction of sp³-hybridized carbons (Fsp3) is 0.125. The lowest BCUT2D eigenvalue weighted by molar-refractivity contribution is -0.138. The van der Waals surface area contributed by atoms with Crippen LogP contribution in [0.25, 0.3) is 0 Å². The summed E-state index contributed by atoms with van der Waals surface area (Å²) in [6, 6.07) is 14.7. The molecule has 0 aliphatic heterocycles. The smallest absolute Gasteiger partial charge is 0.323 e. The van der Waals surface area contributed by atoms with Gasteiger partial charge >= 0.3 is 12.0 Å². The molecular formula is C16H17N3O3. The lowest BCUT2D eigenvalue weighted by Crippen LogP contribution is -2.32. The molecule has 2 aromatic rings. The van der Waals surface area contributed by atoms with Crippen LogP contribution in [0, 0.1) is 0 Å². The SMILES string of the molecule is N[C@@H](Cc1ccc(NC(=O)Nc2ccccc2)cc1)C(=O)O. The summed E-state index contributed by atoms with van der Waals surface area (Å²) in [7, 11) is 0. The number of nitrogens with two attached hydrogens (primary N) is 1. The third-order valence-electron chi connectivity index (χ3n) is 3.02. The van der Waals surface area contributed by atoms with Gasteiger partial charge < -0.3 is 21.5 Å². The van der Waals surface area contributed by atoms with Crippen molar-refractivity contribution in [3.8, 4) is 0 Å². The summed E-state index contributed by atoms with van der Waals surface area (Å²) in [5.74, 6) is -1.04. The first kappa shape index (κ1) is 15.5. The van der Waals surface area contributed by atoms with Crippen LogP contribution >= 0.6 is 0 Å². The van der Waals surface area contributed by atoms with E-state index in [4.69, 9.17) is 10.8 Å². The number of para-hydroxylation sites is 1. The van der Waals surface area contributed by atoms with Crippen molar-refractivity contribution in [3.05, 3.63) is 60.2 Å². The Bertz CT molecular complexity index is 641. The third-order valence-corrected chi connectivity index (χ3v) is 3.02. The van der Waals surface area contributed by atoms with Crippen molar-refractivity contribution in [2.45, 2.75) is 12.5 Å². The van der Waals surface area contributed by atoms with Gasteiger partial charge in [0.1, 0.15) is 6.04 Å². The highest BCUT2D eigenvalue weighted by molar-refractivity contribution is 5.99. The Morgan fingerprint density at radius 2 is 1.50 bits per heavy atom. The second kappa shape index (κ2) is 7.24. The molecule has 0 heterocycles. The molecule has 0 fully saturated rings. The van der Waals surface area contributed by atoms with Gasteiger partial charge in [-0.15, -0.1) is 0 Å². The van der Waals surface area contributed by atoms with Crippen LogP contribution in [-0.2, 0) is 11.2 Å². The summed E-state index contributed by atoms with van der Waals surface area (Å²) in [4.78, 5) is 22.5.